The molecule has 4 nitrogen and oxygen atoms in total. The third-order valence-electron chi connectivity index (χ3n) is 1.81. The molecule has 0 spiro atoms. The van der Waals surface area contributed by atoms with Crippen LogP contribution in [0.25, 0.3) is 0 Å². The molecule has 0 aliphatic heterocycles. The Morgan fingerprint density at radius 2 is 2.00 bits per heavy atom. The van der Waals surface area contributed by atoms with Gasteiger partial charge in [-0.25, -0.2) is 0 Å². The van der Waals surface area contributed by atoms with Crippen molar-refractivity contribution < 1.29 is 9.26 Å². The summed E-state index contributed by atoms with van der Waals surface area (Å²) < 4.78 is 10.1. The van der Waals surface area contributed by atoms with Crippen LogP contribution in [0.2, 0.25) is 0 Å². The summed E-state index contributed by atoms with van der Waals surface area (Å²) in [5.74, 6) is 1.25. The van der Waals surface area contributed by atoms with Crippen molar-refractivity contribution in [2.24, 2.45) is 0 Å². The second-order valence-corrected chi connectivity index (χ2v) is 4.08. The zero-order chi connectivity index (χ0) is 10.1. The van der Waals surface area contributed by atoms with E-state index in [0.717, 1.165) is 0 Å². The highest BCUT2D eigenvalue weighted by Gasteiger charge is 2.22. The van der Waals surface area contributed by atoms with Gasteiger partial charge in [0.05, 0.1) is 0 Å². The molecule has 74 valence electrons. The number of hydrogen-bond acceptors (Lipinski definition) is 4. The van der Waals surface area contributed by atoms with Gasteiger partial charge < -0.3 is 9.26 Å². The fourth-order valence-electron chi connectivity index (χ4n) is 0.806. The average Bonchev–Trinajstić information content (AvgIpc) is 2.50. The molecule has 1 atom stereocenters. The highest BCUT2D eigenvalue weighted by molar-refractivity contribution is 5.00. The van der Waals surface area contributed by atoms with Crippen LogP contribution in [0, 0.1) is 0 Å². The molecule has 0 amide bonds. The number of nitrogens with zero attached hydrogens (tertiary/aromatic N) is 2. The molecule has 4 heteroatoms. The van der Waals surface area contributed by atoms with Gasteiger partial charge in [0.1, 0.15) is 6.10 Å². The SMILES string of the molecule is COC(C)c1nc(C(C)(C)C)no1. The Labute approximate surface area is 78.3 Å². The van der Waals surface area contributed by atoms with Crippen LogP contribution in [0.3, 0.4) is 0 Å². The molecule has 0 saturated heterocycles. The lowest BCUT2D eigenvalue weighted by molar-refractivity contribution is 0.0886. The minimum absolute atomic E-state index is 0.0742. The molecule has 0 radical (unpaired) electrons. The third-order valence-corrected chi connectivity index (χ3v) is 1.81. The standard InChI is InChI=1S/C9H16N2O2/c1-6(12-5)7-10-8(11-13-7)9(2,3)4/h6H,1-5H3. The van der Waals surface area contributed by atoms with Crippen molar-refractivity contribution in [2.75, 3.05) is 7.11 Å². The van der Waals surface area contributed by atoms with Gasteiger partial charge in [-0.1, -0.05) is 25.9 Å². The first kappa shape index (κ1) is 10.2. The summed E-state index contributed by atoms with van der Waals surface area (Å²) in [6, 6.07) is 0. The molecule has 1 unspecified atom stereocenters. The summed E-state index contributed by atoms with van der Waals surface area (Å²) in [4.78, 5) is 4.25. The van der Waals surface area contributed by atoms with Gasteiger partial charge in [0.15, 0.2) is 5.82 Å². The zero-order valence-electron chi connectivity index (χ0n) is 8.79. The Kier molecular flexibility index (Phi) is 2.71. The highest BCUT2D eigenvalue weighted by atomic mass is 16.5. The fraction of sp³-hybridized carbons (Fsp3) is 0.778. The Hall–Kier alpha value is -0.900. The largest absolute Gasteiger partial charge is 0.372 e. The molecule has 13 heavy (non-hydrogen) atoms. The van der Waals surface area contributed by atoms with Crippen LogP contribution in [0.1, 0.15) is 45.5 Å². The maximum Gasteiger partial charge on any atom is 0.255 e. The van der Waals surface area contributed by atoms with E-state index in [1.165, 1.54) is 0 Å². The Bertz CT molecular complexity index is 275. The number of hydrogen-bond donors (Lipinski definition) is 0. The van der Waals surface area contributed by atoms with Crippen LogP contribution >= 0.6 is 0 Å². The van der Waals surface area contributed by atoms with Gasteiger partial charge in [-0.3, -0.25) is 0 Å². The van der Waals surface area contributed by atoms with Gasteiger partial charge in [-0.05, 0) is 6.92 Å². The Morgan fingerprint density at radius 3 is 2.38 bits per heavy atom. The normalized spacial score (nSPS) is 14.5. The lowest BCUT2D eigenvalue weighted by Crippen LogP contribution is -2.13. The molecule has 0 aromatic carbocycles. The molecular formula is C9H16N2O2. The quantitative estimate of drug-likeness (QED) is 0.706. The van der Waals surface area contributed by atoms with Crippen molar-refractivity contribution >= 4 is 0 Å². The second-order valence-electron chi connectivity index (χ2n) is 4.08. The summed E-state index contributed by atoms with van der Waals surface area (Å²) in [6.45, 7) is 8.00. The van der Waals surface area contributed by atoms with Crippen molar-refractivity contribution in [3.05, 3.63) is 11.7 Å². The average molecular weight is 184 g/mol. The Morgan fingerprint density at radius 1 is 1.38 bits per heavy atom. The first-order valence-corrected chi connectivity index (χ1v) is 4.32. The van der Waals surface area contributed by atoms with E-state index in [0.29, 0.717) is 11.7 Å². The predicted octanol–water partition coefficient (Wildman–Crippen LogP) is 2.07. The smallest absolute Gasteiger partial charge is 0.255 e. The molecule has 1 rings (SSSR count). The van der Waals surface area contributed by atoms with Gasteiger partial charge in [0.25, 0.3) is 5.89 Å². The van der Waals surface area contributed by atoms with Crippen LogP contribution in [-0.2, 0) is 10.2 Å². The number of rotatable bonds is 2. The molecule has 0 saturated carbocycles. The maximum atomic E-state index is 5.07. The number of ether oxygens (including phenoxy) is 1. The molecule has 1 aromatic heterocycles. The van der Waals surface area contributed by atoms with E-state index in [1.54, 1.807) is 7.11 Å². The van der Waals surface area contributed by atoms with E-state index in [1.807, 2.05) is 27.7 Å². The van der Waals surface area contributed by atoms with Gasteiger partial charge in [-0.2, -0.15) is 4.98 Å². The van der Waals surface area contributed by atoms with Crippen molar-refractivity contribution in [3.8, 4) is 0 Å². The van der Waals surface area contributed by atoms with Crippen LogP contribution in [-0.4, -0.2) is 17.3 Å². The fourth-order valence-corrected chi connectivity index (χ4v) is 0.806. The van der Waals surface area contributed by atoms with Crippen LogP contribution < -0.4 is 0 Å². The summed E-state index contributed by atoms with van der Waals surface area (Å²) in [7, 11) is 1.62. The summed E-state index contributed by atoms with van der Waals surface area (Å²) in [6.07, 6.45) is -0.136. The van der Waals surface area contributed by atoms with Gasteiger partial charge in [0, 0.05) is 12.5 Å². The molecule has 0 bridgehead atoms. The third kappa shape index (κ3) is 2.28. The van der Waals surface area contributed by atoms with E-state index < -0.39 is 0 Å². The second kappa shape index (κ2) is 3.46. The van der Waals surface area contributed by atoms with Crippen molar-refractivity contribution in [1.29, 1.82) is 0 Å². The molecular weight excluding hydrogens is 168 g/mol. The Balaban J connectivity index is 2.87. The van der Waals surface area contributed by atoms with E-state index in [4.69, 9.17) is 9.26 Å². The molecule has 1 heterocycles. The van der Waals surface area contributed by atoms with Gasteiger partial charge in [-0.15, -0.1) is 0 Å². The highest BCUT2D eigenvalue weighted by Crippen LogP contribution is 2.21. The first-order valence-electron chi connectivity index (χ1n) is 4.32. The maximum absolute atomic E-state index is 5.07. The lowest BCUT2D eigenvalue weighted by atomic mass is 9.96. The van der Waals surface area contributed by atoms with Gasteiger partial charge in [0.2, 0.25) is 0 Å². The van der Waals surface area contributed by atoms with Crippen LogP contribution in [0.4, 0.5) is 0 Å². The van der Waals surface area contributed by atoms with E-state index in [9.17, 15) is 0 Å². The monoisotopic (exact) mass is 184 g/mol. The summed E-state index contributed by atoms with van der Waals surface area (Å²) >= 11 is 0. The van der Waals surface area contributed by atoms with Crippen molar-refractivity contribution in [2.45, 2.75) is 39.2 Å². The van der Waals surface area contributed by atoms with E-state index in [2.05, 4.69) is 10.1 Å². The number of aromatic nitrogens is 2. The summed E-state index contributed by atoms with van der Waals surface area (Å²) in [5, 5.41) is 3.89. The first-order chi connectivity index (χ1) is 5.95. The predicted molar refractivity (Wildman–Crippen MR) is 48.4 cm³/mol. The molecule has 0 N–H and O–H groups in total. The molecule has 0 aliphatic carbocycles. The molecule has 0 aliphatic rings. The van der Waals surface area contributed by atoms with E-state index in [-0.39, 0.29) is 11.5 Å². The lowest BCUT2D eigenvalue weighted by Gasteiger charge is -2.11. The van der Waals surface area contributed by atoms with Crippen molar-refractivity contribution in [3.63, 3.8) is 0 Å². The summed E-state index contributed by atoms with van der Waals surface area (Å²) in [5.41, 5.74) is -0.0742. The topological polar surface area (TPSA) is 48.2 Å². The van der Waals surface area contributed by atoms with E-state index >= 15 is 0 Å². The minimum Gasteiger partial charge on any atom is -0.372 e. The van der Waals surface area contributed by atoms with Gasteiger partial charge >= 0.3 is 0 Å². The molecule has 1 aromatic rings. The molecule has 0 fully saturated rings. The van der Waals surface area contributed by atoms with Crippen LogP contribution in [0.15, 0.2) is 4.52 Å². The van der Waals surface area contributed by atoms with Crippen LogP contribution in [0.5, 0.6) is 0 Å². The zero-order valence-corrected chi connectivity index (χ0v) is 8.79. The number of methoxy groups -OCH3 is 1. The van der Waals surface area contributed by atoms with Crippen molar-refractivity contribution in [1.82, 2.24) is 10.1 Å². The minimum atomic E-state index is -0.136.